The predicted octanol–water partition coefficient (Wildman–Crippen LogP) is 3.45. The van der Waals surface area contributed by atoms with E-state index in [0.717, 1.165) is 16.1 Å². The highest BCUT2D eigenvalue weighted by Gasteiger charge is 2.07. The van der Waals surface area contributed by atoms with Crippen molar-refractivity contribution in [2.75, 3.05) is 11.9 Å². The number of benzene rings is 1. The van der Waals surface area contributed by atoms with Crippen LogP contribution in [0.1, 0.15) is 5.82 Å². The number of hydrogen-bond acceptors (Lipinski definition) is 3. The molecule has 0 fully saturated rings. The van der Waals surface area contributed by atoms with Gasteiger partial charge in [0.05, 0.1) is 0 Å². The Morgan fingerprint density at radius 3 is 2.41 bits per heavy atom. The lowest BCUT2D eigenvalue weighted by atomic mass is 10.3. The van der Waals surface area contributed by atoms with Crippen molar-refractivity contribution in [3.63, 3.8) is 0 Å². The minimum atomic E-state index is -0.248. The van der Waals surface area contributed by atoms with Gasteiger partial charge in [-0.25, -0.2) is 14.4 Å². The van der Waals surface area contributed by atoms with E-state index in [-0.39, 0.29) is 5.82 Å². The van der Waals surface area contributed by atoms with Crippen molar-refractivity contribution in [2.45, 2.75) is 6.92 Å². The van der Waals surface area contributed by atoms with E-state index in [0.29, 0.717) is 5.82 Å². The van der Waals surface area contributed by atoms with Crippen molar-refractivity contribution in [3.05, 3.63) is 46.6 Å². The van der Waals surface area contributed by atoms with Crippen LogP contribution in [0.5, 0.6) is 0 Å². The van der Waals surface area contributed by atoms with Gasteiger partial charge in [0.1, 0.15) is 22.1 Å². The topological polar surface area (TPSA) is 29.0 Å². The molecule has 0 aliphatic rings. The maximum atomic E-state index is 12.8. The monoisotopic (exact) mass is 295 g/mol. The fourth-order valence-electron chi connectivity index (χ4n) is 1.49. The minimum Gasteiger partial charge on any atom is -0.329 e. The van der Waals surface area contributed by atoms with Crippen molar-refractivity contribution < 1.29 is 4.39 Å². The second kappa shape index (κ2) is 4.79. The third-order valence-electron chi connectivity index (χ3n) is 2.35. The molecule has 1 aromatic heterocycles. The summed E-state index contributed by atoms with van der Waals surface area (Å²) in [7, 11) is 1.88. The Hall–Kier alpha value is -1.49. The summed E-state index contributed by atoms with van der Waals surface area (Å²) >= 11 is 3.33. The van der Waals surface area contributed by atoms with E-state index in [1.165, 1.54) is 12.1 Å². The summed E-state index contributed by atoms with van der Waals surface area (Å²) in [4.78, 5) is 10.3. The normalized spacial score (nSPS) is 10.4. The van der Waals surface area contributed by atoms with Crippen molar-refractivity contribution in [1.29, 1.82) is 0 Å². The zero-order valence-electron chi connectivity index (χ0n) is 9.48. The molecule has 2 rings (SSSR count). The Kier molecular flexibility index (Phi) is 3.38. The van der Waals surface area contributed by atoms with E-state index < -0.39 is 0 Å². The van der Waals surface area contributed by atoms with Crippen LogP contribution in [0.25, 0.3) is 0 Å². The van der Waals surface area contributed by atoms with Crippen molar-refractivity contribution >= 4 is 27.4 Å². The van der Waals surface area contributed by atoms with Gasteiger partial charge in [-0.05, 0) is 47.1 Å². The molecule has 0 aliphatic carbocycles. The third kappa shape index (κ3) is 2.79. The predicted molar refractivity (Wildman–Crippen MR) is 68.9 cm³/mol. The van der Waals surface area contributed by atoms with Crippen LogP contribution in [0, 0.1) is 12.7 Å². The molecule has 0 spiro atoms. The van der Waals surface area contributed by atoms with Gasteiger partial charge < -0.3 is 4.90 Å². The van der Waals surface area contributed by atoms with Gasteiger partial charge in [-0.15, -0.1) is 0 Å². The SMILES string of the molecule is Cc1nc(Br)cc(N(C)c2ccc(F)cc2)n1. The van der Waals surface area contributed by atoms with Crippen LogP contribution in [0.2, 0.25) is 0 Å². The van der Waals surface area contributed by atoms with E-state index >= 15 is 0 Å². The van der Waals surface area contributed by atoms with Gasteiger partial charge >= 0.3 is 0 Å². The highest BCUT2D eigenvalue weighted by atomic mass is 79.9. The fraction of sp³-hybridized carbons (Fsp3) is 0.167. The molecular formula is C12H11BrFN3. The molecule has 3 nitrogen and oxygen atoms in total. The summed E-state index contributed by atoms with van der Waals surface area (Å²) < 4.78 is 13.6. The Morgan fingerprint density at radius 2 is 1.82 bits per heavy atom. The Bertz CT molecular complexity index is 508. The van der Waals surface area contributed by atoms with Gasteiger partial charge in [0.2, 0.25) is 0 Å². The van der Waals surface area contributed by atoms with E-state index in [1.54, 1.807) is 12.1 Å². The van der Waals surface area contributed by atoms with Gasteiger partial charge in [-0.2, -0.15) is 0 Å². The molecule has 17 heavy (non-hydrogen) atoms. The summed E-state index contributed by atoms with van der Waals surface area (Å²) in [6.07, 6.45) is 0. The number of halogens is 2. The van der Waals surface area contributed by atoms with E-state index in [9.17, 15) is 4.39 Å². The van der Waals surface area contributed by atoms with Gasteiger partial charge in [0.25, 0.3) is 0 Å². The molecule has 2 aromatic rings. The van der Waals surface area contributed by atoms with Crippen LogP contribution >= 0.6 is 15.9 Å². The first-order chi connectivity index (χ1) is 8.06. The summed E-state index contributed by atoms with van der Waals surface area (Å²) in [5.41, 5.74) is 0.872. The first-order valence-corrected chi connectivity index (χ1v) is 5.86. The number of nitrogens with zero attached hydrogens (tertiary/aromatic N) is 3. The Morgan fingerprint density at radius 1 is 1.18 bits per heavy atom. The smallest absolute Gasteiger partial charge is 0.137 e. The number of hydrogen-bond donors (Lipinski definition) is 0. The number of aryl methyl sites for hydroxylation is 1. The molecule has 1 heterocycles. The maximum Gasteiger partial charge on any atom is 0.137 e. The molecule has 0 radical (unpaired) electrons. The summed E-state index contributed by atoms with van der Waals surface area (Å²) in [5, 5.41) is 0. The molecule has 0 bridgehead atoms. The third-order valence-corrected chi connectivity index (χ3v) is 2.76. The molecule has 1 aromatic carbocycles. The molecule has 0 aliphatic heterocycles. The minimum absolute atomic E-state index is 0.248. The highest BCUT2D eigenvalue weighted by molar-refractivity contribution is 9.10. The number of rotatable bonds is 2. The quantitative estimate of drug-likeness (QED) is 0.795. The van der Waals surface area contributed by atoms with Crippen molar-refractivity contribution in [2.24, 2.45) is 0 Å². The van der Waals surface area contributed by atoms with Crippen LogP contribution in [-0.4, -0.2) is 17.0 Å². The highest BCUT2D eigenvalue weighted by Crippen LogP contribution is 2.23. The average Bonchev–Trinajstić information content (AvgIpc) is 2.28. The molecule has 0 amide bonds. The lowest BCUT2D eigenvalue weighted by molar-refractivity contribution is 0.628. The molecule has 0 atom stereocenters. The second-order valence-electron chi connectivity index (χ2n) is 3.63. The molecule has 5 heteroatoms. The molecule has 0 N–H and O–H groups in total. The van der Waals surface area contributed by atoms with Crippen molar-refractivity contribution in [1.82, 2.24) is 9.97 Å². The summed E-state index contributed by atoms with van der Waals surface area (Å²) in [5.74, 6) is 1.20. The maximum absolute atomic E-state index is 12.8. The number of aromatic nitrogens is 2. The molecule has 0 unspecified atom stereocenters. The second-order valence-corrected chi connectivity index (χ2v) is 4.44. The van der Waals surface area contributed by atoms with Crippen LogP contribution in [0.15, 0.2) is 34.9 Å². The molecular weight excluding hydrogens is 285 g/mol. The first kappa shape index (κ1) is 12.0. The Labute approximate surface area is 107 Å². The molecule has 0 saturated heterocycles. The van der Waals surface area contributed by atoms with Gasteiger partial charge in [0, 0.05) is 18.8 Å². The van der Waals surface area contributed by atoms with Crippen molar-refractivity contribution in [3.8, 4) is 0 Å². The molecule has 88 valence electrons. The standard InChI is InChI=1S/C12H11BrFN3/c1-8-15-11(13)7-12(16-8)17(2)10-5-3-9(14)4-6-10/h3-7H,1-2H3. The zero-order valence-corrected chi connectivity index (χ0v) is 11.1. The summed E-state index contributed by atoms with van der Waals surface area (Å²) in [6, 6.07) is 8.08. The van der Waals surface area contributed by atoms with Crippen LogP contribution in [0.4, 0.5) is 15.9 Å². The lowest BCUT2D eigenvalue weighted by Gasteiger charge is -2.18. The molecule has 0 saturated carbocycles. The largest absolute Gasteiger partial charge is 0.329 e. The van der Waals surface area contributed by atoms with Crippen LogP contribution < -0.4 is 4.90 Å². The van der Waals surface area contributed by atoms with Crippen LogP contribution in [-0.2, 0) is 0 Å². The Balaban J connectivity index is 2.36. The first-order valence-electron chi connectivity index (χ1n) is 5.07. The number of anilines is 2. The van der Waals surface area contributed by atoms with Gasteiger partial charge in [-0.3, -0.25) is 0 Å². The van der Waals surface area contributed by atoms with E-state index in [2.05, 4.69) is 25.9 Å². The fourth-order valence-corrected chi connectivity index (χ4v) is 1.95. The average molecular weight is 296 g/mol. The summed E-state index contributed by atoms with van der Waals surface area (Å²) in [6.45, 7) is 1.83. The van der Waals surface area contributed by atoms with Crippen LogP contribution in [0.3, 0.4) is 0 Å². The van der Waals surface area contributed by atoms with Gasteiger partial charge in [-0.1, -0.05) is 0 Å². The van der Waals surface area contributed by atoms with E-state index in [4.69, 9.17) is 0 Å². The zero-order chi connectivity index (χ0) is 12.4. The van der Waals surface area contributed by atoms with Gasteiger partial charge in [0.15, 0.2) is 0 Å². The lowest BCUT2D eigenvalue weighted by Crippen LogP contribution is -2.12. The van der Waals surface area contributed by atoms with E-state index in [1.807, 2.05) is 24.9 Å².